The Bertz CT molecular complexity index is 788. The maximum atomic E-state index is 13.1. The van der Waals surface area contributed by atoms with Crippen LogP contribution in [-0.2, 0) is 0 Å². The average Bonchev–Trinajstić information content (AvgIpc) is 3.01. The van der Waals surface area contributed by atoms with Crippen LogP contribution in [0.5, 0.6) is 0 Å². The number of anilines is 1. The van der Waals surface area contributed by atoms with Gasteiger partial charge in [-0.15, -0.1) is 0 Å². The Hall–Kier alpha value is -2.51. The van der Waals surface area contributed by atoms with Gasteiger partial charge in [0, 0.05) is 11.9 Å². The predicted octanol–water partition coefficient (Wildman–Crippen LogP) is 5.34. The summed E-state index contributed by atoms with van der Waals surface area (Å²) in [5.41, 5.74) is 1.65. The zero-order valence-corrected chi connectivity index (χ0v) is 13.6. The molecule has 4 heteroatoms. The molecule has 2 aromatic rings. The van der Waals surface area contributed by atoms with E-state index in [0.717, 1.165) is 11.6 Å². The molecular weight excluding hydrogens is 307 g/mol. The van der Waals surface area contributed by atoms with Gasteiger partial charge in [0.05, 0.1) is 17.5 Å². The van der Waals surface area contributed by atoms with Crippen molar-refractivity contribution >= 4 is 15.7 Å². The van der Waals surface area contributed by atoms with Crippen LogP contribution in [0.25, 0.3) is 0 Å². The predicted molar refractivity (Wildman–Crippen MR) is 94.7 cm³/mol. The number of nitriles is 1. The smallest absolute Gasteiger partial charge is 0.123 e. The highest BCUT2D eigenvalue weighted by atomic mass is 32.3. The van der Waals surface area contributed by atoms with Gasteiger partial charge in [0.2, 0.25) is 0 Å². The van der Waals surface area contributed by atoms with E-state index in [1.165, 1.54) is 17.0 Å². The zero-order chi connectivity index (χ0) is 16.3. The fourth-order valence-corrected chi connectivity index (χ4v) is 5.55. The minimum Gasteiger partial charge on any atom is -0.338 e. The summed E-state index contributed by atoms with van der Waals surface area (Å²) in [6, 6.07) is 16.5. The Morgan fingerprint density at radius 3 is 2.43 bits per heavy atom. The standard InChI is InChI=1S/C19H17FN2S/c1-2-12-23(19-9-3-16(14-21)4-10-19)13-11-22(15-23)18-7-5-17(20)6-8-18/h2-13H,15H2,1H3. The molecule has 1 aliphatic rings. The molecule has 0 aliphatic carbocycles. The Kier molecular flexibility index (Phi) is 4.22. The van der Waals surface area contributed by atoms with Gasteiger partial charge in [-0.2, -0.15) is 15.3 Å². The topological polar surface area (TPSA) is 27.0 Å². The normalized spacial score (nSPS) is 22.9. The summed E-state index contributed by atoms with van der Waals surface area (Å²) >= 11 is 0. The van der Waals surface area contributed by atoms with Gasteiger partial charge in [-0.1, -0.05) is 6.08 Å². The van der Waals surface area contributed by atoms with Gasteiger partial charge in [-0.3, -0.25) is 0 Å². The van der Waals surface area contributed by atoms with Crippen LogP contribution in [-0.4, -0.2) is 5.88 Å². The summed E-state index contributed by atoms with van der Waals surface area (Å²) < 4.78 is 13.1. The monoisotopic (exact) mass is 324 g/mol. The van der Waals surface area contributed by atoms with Crippen molar-refractivity contribution in [3.05, 3.63) is 83.0 Å². The molecule has 0 amide bonds. The summed E-state index contributed by atoms with van der Waals surface area (Å²) in [7, 11) is -1.26. The van der Waals surface area contributed by atoms with Crippen molar-refractivity contribution in [2.45, 2.75) is 11.8 Å². The van der Waals surface area contributed by atoms with E-state index in [-0.39, 0.29) is 5.82 Å². The van der Waals surface area contributed by atoms with Crippen LogP contribution in [0.15, 0.2) is 76.5 Å². The molecule has 0 spiro atoms. The Morgan fingerprint density at radius 1 is 1.13 bits per heavy atom. The van der Waals surface area contributed by atoms with Crippen LogP contribution < -0.4 is 4.90 Å². The van der Waals surface area contributed by atoms with Crippen LogP contribution >= 0.6 is 10.0 Å². The molecule has 3 rings (SSSR count). The van der Waals surface area contributed by atoms with E-state index in [1.54, 1.807) is 12.1 Å². The van der Waals surface area contributed by atoms with Crippen molar-refractivity contribution in [1.29, 1.82) is 5.26 Å². The first kappa shape index (κ1) is 15.4. The lowest BCUT2D eigenvalue weighted by Crippen LogP contribution is -2.15. The second-order valence-corrected chi connectivity index (χ2v) is 8.29. The van der Waals surface area contributed by atoms with Crippen molar-refractivity contribution in [2.75, 3.05) is 10.8 Å². The van der Waals surface area contributed by atoms with Crippen LogP contribution in [0.2, 0.25) is 0 Å². The number of benzene rings is 2. The first-order valence-corrected chi connectivity index (χ1v) is 9.24. The van der Waals surface area contributed by atoms with Gasteiger partial charge in [0.25, 0.3) is 0 Å². The van der Waals surface area contributed by atoms with Gasteiger partial charge in [-0.05, 0) is 71.2 Å². The molecule has 2 aromatic carbocycles. The molecule has 1 heterocycles. The van der Waals surface area contributed by atoms with E-state index >= 15 is 0 Å². The van der Waals surface area contributed by atoms with E-state index in [0.29, 0.717) is 5.56 Å². The van der Waals surface area contributed by atoms with E-state index in [4.69, 9.17) is 5.26 Å². The Balaban J connectivity index is 1.93. The van der Waals surface area contributed by atoms with Crippen LogP contribution in [0.1, 0.15) is 12.5 Å². The van der Waals surface area contributed by atoms with Crippen LogP contribution in [0, 0.1) is 17.1 Å². The first-order chi connectivity index (χ1) is 11.2. The Morgan fingerprint density at radius 2 is 1.83 bits per heavy atom. The van der Waals surface area contributed by atoms with E-state index in [2.05, 4.69) is 34.1 Å². The maximum absolute atomic E-state index is 13.1. The summed E-state index contributed by atoms with van der Waals surface area (Å²) in [5.74, 6) is 0.602. The number of hydrogen-bond acceptors (Lipinski definition) is 2. The molecule has 1 unspecified atom stereocenters. The van der Waals surface area contributed by atoms with Crippen molar-refractivity contribution in [2.24, 2.45) is 0 Å². The first-order valence-electron chi connectivity index (χ1n) is 7.31. The number of nitrogens with zero attached hydrogens (tertiary/aromatic N) is 2. The SMILES string of the molecule is CC=CS1(c2ccc(C#N)cc2)C=CN(c2ccc(F)cc2)C1. The minimum absolute atomic E-state index is 0.226. The lowest BCUT2D eigenvalue weighted by atomic mass is 10.2. The molecular formula is C19H17FN2S. The molecule has 1 atom stereocenters. The number of halogens is 1. The fraction of sp³-hybridized carbons (Fsp3) is 0.105. The lowest BCUT2D eigenvalue weighted by Gasteiger charge is -2.32. The highest BCUT2D eigenvalue weighted by Crippen LogP contribution is 2.62. The highest BCUT2D eigenvalue weighted by Gasteiger charge is 2.28. The molecule has 116 valence electrons. The molecule has 1 aliphatic heterocycles. The average molecular weight is 324 g/mol. The summed E-state index contributed by atoms with van der Waals surface area (Å²) in [4.78, 5) is 3.36. The van der Waals surface area contributed by atoms with Crippen molar-refractivity contribution in [1.82, 2.24) is 0 Å². The summed E-state index contributed by atoms with van der Waals surface area (Å²) in [6.07, 6.45) is 4.15. The number of allylic oxidation sites excluding steroid dienone is 1. The largest absolute Gasteiger partial charge is 0.338 e. The van der Waals surface area contributed by atoms with E-state index in [9.17, 15) is 4.39 Å². The van der Waals surface area contributed by atoms with Gasteiger partial charge < -0.3 is 4.90 Å². The molecule has 0 N–H and O–H groups in total. The molecule has 23 heavy (non-hydrogen) atoms. The molecule has 0 radical (unpaired) electrons. The Labute approximate surface area is 137 Å². The zero-order valence-electron chi connectivity index (χ0n) is 12.8. The molecule has 0 fully saturated rings. The maximum Gasteiger partial charge on any atom is 0.123 e. The van der Waals surface area contributed by atoms with Gasteiger partial charge in [0.1, 0.15) is 5.82 Å². The van der Waals surface area contributed by atoms with Crippen LogP contribution in [0.3, 0.4) is 0 Å². The molecule has 0 saturated heterocycles. The molecule has 2 nitrogen and oxygen atoms in total. The molecule has 0 saturated carbocycles. The highest BCUT2D eigenvalue weighted by molar-refractivity contribution is 8.38. The summed E-state index contributed by atoms with van der Waals surface area (Å²) in [5, 5.41) is 13.4. The van der Waals surface area contributed by atoms with E-state index in [1.807, 2.05) is 31.2 Å². The van der Waals surface area contributed by atoms with E-state index < -0.39 is 10.0 Å². The molecule has 0 aromatic heterocycles. The second kappa shape index (κ2) is 6.31. The quantitative estimate of drug-likeness (QED) is 0.761. The summed E-state index contributed by atoms with van der Waals surface area (Å²) in [6.45, 7) is 2.02. The number of hydrogen-bond donors (Lipinski definition) is 0. The second-order valence-electron chi connectivity index (χ2n) is 5.32. The molecule has 0 bridgehead atoms. The number of rotatable bonds is 3. The minimum atomic E-state index is -1.26. The van der Waals surface area contributed by atoms with Gasteiger partial charge in [-0.25, -0.2) is 4.39 Å². The van der Waals surface area contributed by atoms with Gasteiger partial charge >= 0.3 is 0 Å². The van der Waals surface area contributed by atoms with Crippen molar-refractivity contribution in [3.63, 3.8) is 0 Å². The lowest BCUT2D eigenvalue weighted by molar-refractivity contribution is 0.628. The van der Waals surface area contributed by atoms with Crippen molar-refractivity contribution in [3.8, 4) is 6.07 Å². The van der Waals surface area contributed by atoms with Gasteiger partial charge in [0.15, 0.2) is 0 Å². The third-order valence-electron chi connectivity index (χ3n) is 3.80. The van der Waals surface area contributed by atoms with Crippen LogP contribution in [0.4, 0.5) is 10.1 Å². The van der Waals surface area contributed by atoms with Crippen molar-refractivity contribution < 1.29 is 4.39 Å². The third-order valence-corrected chi connectivity index (χ3v) is 7.02. The fourth-order valence-electron chi connectivity index (χ4n) is 2.64. The third kappa shape index (κ3) is 3.01.